The highest BCUT2D eigenvalue weighted by Crippen LogP contribution is 2.53. The van der Waals surface area contributed by atoms with Crippen LogP contribution in [0.3, 0.4) is 0 Å². The molecule has 0 saturated heterocycles. The zero-order valence-electron chi connectivity index (χ0n) is 22.1. The van der Waals surface area contributed by atoms with Crippen LogP contribution in [0.4, 0.5) is 5.69 Å². The van der Waals surface area contributed by atoms with Crippen molar-refractivity contribution in [2.24, 2.45) is 17.6 Å². The number of ketones is 2. The van der Waals surface area contributed by atoms with E-state index in [1.54, 1.807) is 44.4 Å². The highest BCUT2D eigenvalue weighted by atomic mass is 16.3. The van der Waals surface area contributed by atoms with E-state index in [0.717, 1.165) is 5.56 Å². The van der Waals surface area contributed by atoms with E-state index in [0.29, 0.717) is 16.8 Å². The molecule has 0 aromatic heterocycles. The van der Waals surface area contributed by atoms with E-state index in [4.69, 9.17) is 5.73 Å². The van der Waals surface area contributed by atoms with Crippen LogP contribution in [-0.4, -0.2) is 74.4 Å². The van der Waals surface area contributed by atoms with E-state index in [1.807, 2.05) is 0 Å². The summed E-state index contributed by atoms with van der Waals surface area (Å²) in [4.78, 5) is 52.1. The summed E-state index contributed by atoms with van der Waals surface area (Å²) >= 11 is 0. The lowest BCUT2D eigenvalue weighted by Gasteiger charge is -2.50. The Bertz CT molecular complexity index is 1560. The minimum Gasteiger partial charge on any atom is -0.508 e. The fourth-order valence-corrected chi connectivity index (χ4v) is 6.45. The van der Waals surface area contributed by atoms with Crippen LogP contribution in [0.5, 0.6) is 5.75 Å². The number of aliphatic hydroxyl groups excluding tert-OH is 2. The van der Waals surface area contributed by atoms with Crippen LogP contribution in [0.2, 0.25) is 0 Å². The first-order valence-electron chi connectivity index (χ1n) is 12.7. The summed E-state index contributed by atoms with van der Waals surface area (Å²) in [6.45, 7) is 1.40. The Balaban J connectivity index is 1.68. The molecule has 7 N–H and O–H groups in total. The van der Waals surface area contributed by atoms with Crippen LogP contribution < -0.4 is 11.1 Å². The second-order valence-electron chi connectivity index (χ2n) is 10.7. The molecule has 11 heteroatoms. The SMILES string of the molecule is CC(=O)Nc1ccc(-c2ccc(O)c3c2CC2CC4C(N(C)C)C(=O)C(C(N)=O)=C(O)C4(O)C(=O)C2=C3O)cc1. The fraction of sp³-hybridized carbons (Fsp3) is 0.310. The summed E-state index contributed by atoms with van der Waals surface area (Å²) in [5, 5.41) is 47.4. The number of phenolic OH excluding ortho intramolecular Hbond substituents is 1. The number of aliphatic hydroxyl groups is 3. The summed E-state index contributed by atoms with van der Waals surface area (Å²) in [5.41, 5.74) is 4.16. The van der Waals surface area contributed by atoms with Gasteiger partial charge in [0.2, 0.25) is 11.7 Å². The number of likely N-dealkylation sites (N-methyl/N-ethyl adjacent to an activating group) is 1. The Morgan fingerprint density at radius 1 is 1.05 bits per heavy atom. The van der Waals surface area contributed by atoms with Gasteiger partial charge in [0.1, 0.15) is 22.8 Å². The third-order valence-corrected chi connectivity index (χ3v) is 8.12. The number of nitrogens with one attached hydrogen (secondary N) is 1. The highest BCUT2D eigenvalue weighted by Gasteiger charge is 2.64. The lowest BCUT2D eigenvalue weighted by molar-refractivity contribution is -0.153. The molecular weight excluding hydrogens is 518 g/mol. The number of nitrogens with zero attached hydrogens (tertiary/aromatic N) is 1. The van der Waals surface area contributed by atoms with E-state index in [2.05, 4.69) is 5.32 Å². The quantitative estimate of drug-likeness (QED) is 0.309. The lowest BCUT2D eigenvalue weighted by Crippen LogP contribution is -2.65. The average molecular weight is 548 g/mol. The maximum Gasteiger partial charge on any atom is 0.255 e. The summed E-state index contributed by atoms with van der Waals surface area (Å²) in [6, 6.07) is 8.88. The van der Waals surface area contributed by atoms with Crippen molar-refractivity contribution in [2.45, 2.75) is 31.4 Å². The molecule has 0 heterocycles. The molecule has 3 aliphatic carbocycles. The molecule has 208 valence electrons. The zero-order valence-corrected chi connectivity index (χ0v) is 22.1. The van der Waals surface area contributed by atoms with Crippen molar-refractivity contribution in [1.29, 1.82) is 0 Å². The van der Waals surface area contributed by atoms with Crippen molar-refractivity contribution < 1.29 is 39.6 Å². The Hall–Kier alpha value is -4.48. The van der Waals surface area contributed by atoms with Gasteiger partial charge in [-0.05, 0) is 67.7 Å². The number of benzene rings is 2. The maximum atomic E-state index is 13.9. The van der Waals surface area contributed by atoms with E-state index in [1.165, 1.54) is 17.9 Å². The van der Waals surface area contributed by atoms with Gasteiger partial charge in [-0.2, -0.15) is 0 Å². The van der Waals surface area contributed by atoms with Gasteiger partial charge in [0, 0.05) is 24.1 Å². The zero-order chi connectivity index (χ0) is 29.3. The number of fused-ring (bicyclic) bond motifs is 3. The fourth-order valence-electron chi connectivity index (χ4n) is 6.45. The first-order chi connectivity index (χ1) is 18.8. The summed E-state index contributed by atoms with van der Waals surface area (Å²) in [6.07, 6.45) is 0.175. The molecule has 2 amide bonds. The standard InChI is InChI=1S/C29H29N3O8/c1-12(33)31-15-6-4-13(5-7-15)16-8-9-19(34)21-17(16)10-14-11-18-23(32(2)3)25(36)22(28(30)39)27(38)29(18,40)26(37)20(14)24(21)35/h4-9,14,18,23,34-35,38,40H,10-11H2,1-3H3,(H2,30,39)(H,31,33). The number of amides is 2. The number of carbonyl (C=O) groups excluding carboxylic acids is 4. The minimum absolute atomic E-state index is 0.00231. The molecule has 2 aromatic rings. The normalized spacial score (nSPS) is 25.9. The molecule has 0 radical (unpaired) electrons. The van der Waals surface area contributed by atoms with Gasteiger partial charge in [0.25, 0.3) is 5.91 Å². The largest absolute Gasteiger partial charge is 0.508 e. The Morgan fingerprint density at radius 2 is 1.70 bits per heavy atom. The third-order valence-electron chi connectivity index (χ3n) is 8.12. The van der Waals surface area contributed by atoms with Crippen molar-refractivity contribution in [1.82, 2.24) is 4.90 Å². The molecule has 4 unspecified atom stereocenters. The van der Waals surface area contributed by atoms with E-state index in [9.17, 15) is 39.6 Å². The molecule has 0 bridgehead atoms. The van der Waals surface area contributed by atoms with Crippen molar-refractivity contribution in [3.05, 3.63) is 64.4 Å². The van der Waals surface area contributed by atoms with Crippen LogP contribution in [-0.2, 0) is 25.6 Å². The van der Waals surface area contributed by atoms with Crippen LogP contribution in [0.15, 0.2) is 53.3 Å². The molecule has 3 aliphatic rings. The number of Topliss-reactive ketones (excluding diaryl/α,β-unsaturated/α-hetero) is 2. The number of nitrogens with two attached hydrogens (primary N) is 1. The number of carbonyl (C=O) groups is 4. The first-order valence-corrected chi connectivity index (χ1v) is 12.7. The van der Waals surface area contributed by atoms with Crippen molar-refractivity contribution in [3.8, 4) is 16.9 Å². The monoisotopic (exact) mass is 547 g/mol. The molecule has 0 spiro atoms. The van der Waals surface area contributed by atoms with Crippen molar-refractivity contribution in [2.75, 3.05) is 19.4 Å². The minimum atomic E-state index is -2.68. The summed E-state index contributed by atoms with van der Waals surface area (Å²) < 4.78 is 0. The van der Waals surface area contributed by atoms with Crippen LogP contribution >= 0.6 is 0 Å². The second kappa shape index (κ2) is 9.32. The Labute approximate surface area is 229 Å². The predicted molar refractivity (Wildman–Crippen MR) is 144 cm³/mol. The molecule has 2 aromatic carbocycles. The van der Waals surface area contributed by atoms with E-state index in [-0.39, 0.29) is 35.6 Å². The van der Waals surface area contributed by atoms with Gasteiger partial charge < -0.3 is 31.5 Å². The highest BCUT2D eigenvalue weighted by molar-refractivity contribution is 6.24. The molecular formula is C29H29N3O8. The van der Waals surface area contributed by atoms with Gasteiger partial charge in [-0.25, -0.2) is 0 Å². The number of phenols is 1. The maximum absolute atomic E-state index is 13.9. The predicted octanol–water partition coefficient (Wildman–Crippen LogP) is 1.59. The van der Waals surface area contributed by atoms with Crippen LogP contribution in [0.25, 0.3) is 16.9 Å². The molecule has 40 heavy (non-hydrogen) atoms. The topological polar surface area (TPSA) is 190 Å². The smallest absolute Gasteiger partial charge is 0.255 e. The van der Waals surface area contributed by atoms with Gasteiger partial charge >= 0.3 is 0 Å². The van der Waals surface area contributed by atoms with Crippen LogP contribution in [0, 0.1) is 11.8 Å². The second-order valence-corrected chi connectivity index (χ2v) is 10.7. The van der Waals surface area contributed by atoms with Crippen molar-refractivity contribution >= 4 is 34.8 Å². The van der Waals surface area contributed by atoms with Gasteiger partial charge in [-0.15, -0.1) is 0 Å². The molecule has 1 saturated carbocycles. The number of hydrogen-bond acceptors (Lipinski definition) is 9. The molecule has 4 atom stereocenters. The number of anilines is 1. The summed E-state index contributed by atoms with van der Waals surface area (Å²) in [5.74, 6) is -7.16. The van der Waals surface area contributed by atoms with Gasteiger partial charge in [-0.3, -0.25) is 24.1 Å². The number of rotatable bonds is 4. The van der Waals surface area contributed by atoms with Crippen LogP contribution in [0.1, 0.15) is 24.5 Å². The Morgan fingerprint density at radius 3 is 2.27 bits per heavy atom. The van der Waals surface area contributed by atoms with Gasteiger partial charge in [-0.1, -0.05) is 18.2 Å². The Kier molecular flexibility index (Phi) is 6.31. The molecule has 0 aliphatic heterocycles. The van der Waals surface area contributed by atoms with E-state index >= 15 is 0 Å². The lowest BCUT2D eigenvalue weighted by atomic mass is 9.57. The first kappa shape index (κ1) is 27.1. The number of aromatic hydroxyl groups is 1. The van der Waals surface area contributed by atoms with E-state index < -0.39 is 58.0 Å². The molecule has 11 nitrogen and oxygen atoms in total. The third kappa shape index (κ3) is 3.81. The molecule has 5 rings (SSSR count). The number of hydrogen-bond donors (Lipinski definition) is 6. The van der Waals surface area contributed by atoms with Gasteiger partial charge in [0.05, 0.1) is 11.6 Å². The number of primary amides is 1. The van der Waals surface area contributed by atoms with Gasteiger partial charge in [0.15, 0.2) is 11.4 Å². The average Bonchev–Trinajstić information content (AvgIpc) is 2.86. The summed E-state index contributed by atoms with van der Waals surface area (Å²) in [7, 11) is 3.10. The van der Waals surface area contributed by atoms with Crippen molar-refractivity contribution in [3.63, 3.8) is 0 Å². The molecule has 1 fully saturated rings.